The normalized spacial score (nSPS) is 13.6. The zero-order chi connectivity index (χ0) is 16.8. The number of aromatic nitrogens is 4. The minimum atomic E-state index is -0.141. The molecule has 0 bridgehead atoms. The van der Waals surface area contributed by atoms with Crippen LogP contribution in [0.25, 0.3) is 0 Å². The summed E-state index contributed by atoms with van der Waals surface area (Å²) < 4.78 is 3.93. The molecule has 2 N–H and O–H groups in total. The van der Waals surface area contributed by atoms with Crippen molar-refractivity contribution in [2.24, 2.45) is 5.92 Å². The van der Waals surface area contributed by atoms with Crippen molar-refractivity contribution in [2.75, 3.05) is 6.54 Å². The maximum Gasteiger partial charge on any atom is 0.315 e. The zero-order valence-corrected chi connectivity index (χ0v) is 14.3. The third-order valence-corrected chi connectivity index (χ3v) is 3.62. The molecule has 0 saturated heterocycles. The van der Waals surface area contributed by atoms with Crippen LogP contribution in [-0.4, -0.2) is 37.9 Å². The van der Waals surface area contributed by atoms with Gasteiger partial charge in [-0.25, -0.2) is 9.78 Å². The first-order valence-corrected chi connectivity index (χ1v) is 7.95. The monoisotopic (exact) mass is 318 g/mol. The second-order valence-corrected chi connectivity index (χ2v) is 6.23. The van der Waals surface area contributed by atoms with Gasteiger partial charge in [0, 0.05) is 43.8 Å². The molecular formula is C16H26N6O. The van der Waals surface area contributed by atoms with Crippen LogP contribution in [0.3, 0.4) is 0 Å². The summed E-state index contributed by atoms with van der Waals surface area (Å²) in [4.78, 5) is 15.9. The lowest BCUT2D eigenvalue weighted by atomic mass is 10.2. The maximum atomic E-state index is 11.9. The fraction of sp³-hybridized carbons (Fsp3) is 0.562. The van der Waals surface area contributed by atoms with E-state index in [4.69, 9.17) is 0 Å². The Morgan fingerprint density at radius 1 is 1.30 bits per heavy atom. The second-order valence-electron chi connectivity index (χ2n) is 6.23. The molecule has 0 aliphatic carbocycles. The van der Waals surface area contributed by atoms with E-state index in [2.05, 4.69) is 33.7 Å². The fourth-order valence-electron chi connectivity index (χ4n) is 2.52. The summed E-state index contributed by atoms with van der Waals surface area (Å²) >= 11 is 0. The Bertz CT molecular complexity index is 619. The average Bonchev–Trinajstić information content (AvgIpc) is 3.07. The smallest absolute Gasteiger partial charge is 0.315 e. The average molecular weight is 318 g/mol. The fourth-order valence-corrected chi connectivity index (χ4v) is 2.52. The Kier molecular flexibility index (Phi) is 5.78. The Balaban J connectivity index is 1.70. The molecule has 2 rings (SSSR count). The predicted octanol–water partition coefficient (Wildman–Crippen LogP) is 1.72. The quantitative estimate of drug-likeness (QED) is 0.816. The maximum absolute atomic E-state index is 11.9. The molecule has 0 aromatic carbocycles. The number of rotatable bonds is 7. The third-order valence-electron chi connectivity index (χ3n) is 3.62. The van der Waals surface area contributed by atoms with Crippen LogP contribution < -0.4 is 10.6 Å². The summed E-state index contributed by atoms with van der Waals surface area (Å²) in [6.07, 6.45) is 5.35. The number of hydrogen-bond donors (Lipinski definition) is 2. The van der Waals surface area contributed by atoms with E-state index in [0.717, 1.165) is 17.9 Å². The van der Waals surface area contributed by atoms with Crippen LogP contribution >= 0.6 is 0 Å². The molecule has 23 heavy (non-hydrogen) atoms. The lowest BCUT2D eigenvalue weighted by Gasteiger charge is -2.17. The minimum absolute atomic E-state index is 0.0375. The van der Waals surface area contributed by atoms with Gasteiger partial charge in [-0.05, 0) is 32.8 Å². The molecule has 0 unspecified atom stereocenters. The summed E-state index contributed by atoms with van der Waals surface area (Å²) in [6, 6.07) is 1.96. The summed E-state index contributed by atoms with van der Waals surface area (Å²) in [5.41, 5.74) is 2.17. The lowest BCUT2D eigenvalue weighted by molar-refractivity contribution is 0.234. The Labute approximate surface area is 137 Å². The van der Waals surface area contributed by atoms with E-state index in [9.17, 15) is 4.79 Å². The number of hydrogen-bond acceptors (Lipinski definition) is 3. The van der Waals surface area contributed by atoms with Crippen molar-refractivity contribution in [2.45, 2.75) is 46.8 Å². The van der Waals surface area contributed by atoms with Crippen LogP contribution in [0.1, 0.15) is 25.2 Å². The molecule has 2 aromatic rings. The third kappa shape index (κ3) is 5.43. The molecular weight excluding hydrogens is 292 g/mol. The van der Waals surface area contributed by atoms with Crippen LogP contribution in [-0.2, 0) is 13.1 Å². The van der Waals surface area contributed by atoms with Crippen molar-refractivity contribution >= 4 is 6.03 Å². The highest BCUT2D eigenvalue weighted by Gasteiger charge is 2.11. The molecule has 0 aliphatic rings. The Hall–Kier alpha value is -2.31. The van der Waals surface area contributed by atoms with Gasteiger partial charge < -0.3 is 15.2 Å². The summed E-state index contributed by atoms with van der Waals surface area (Å²) in [6.45, 7) is 10.2. The van der Waals surface area contributed by atoms with Gasteiger partial charge in [-0.2, -0.15) is 5.10 Å². The van der Waals surface area contributed by atoms with Crippen LogP contribution in [0.4, 0.5) is 4.79 Å². The molecule has 7 heteroatoms. The number of urea groups is 1. The summed E-state index contributed by atoms with van der Waals surface area (Å²) in [5.74, 6) is 0.308. The standard InChI is InChI=1S/C16H26N6O/c1-12(9-22-15(4)7-13(2)20-22)8-18-16(23)19-14(3)10-21-6-5-17-11-21/h5-7,11-12,14H,8-10H2,1-4H3,(H2,18,19,23)/t12-,14+/m0/s1. The van der Waals surface area contributed by atoms with Crippen molar-refractivity contribution in [3.63, 3.8) is 0 Å². The number of aryl methyl sites for hydroxylation is 2. The minimum Gasteiger partial charge on any atom is -0.338 e. The van der Waals surface area contributed by atoms with Crippen molar-refractivity contribution < 1.29 is 4.79 Å². The molecule has 2 aromatic heterocycles. The molecule has 2 atom stereocenters. The van der Waals surface area contributed by atoms with Gasteiger partial charge in [-0.1, -0.05) is 6.92 Å². The van der Waals surface area contributed by atoms with Gasteiger partial charge in [0.15, 0.2) is 0 Å². The number of imidazole rings is 1. The first-order valence-electron chi connectivity index (χ1n) is 7.95. The van der Waals surface area contributed by atoms with Gasteiger partial charge >= 0.3 is 6.03 Å². The van der Waals surface area contributed by atoms with Crippen LogP contribution in [0, 0.1) is 19.8 Å². The molecule has 2 amide bonds. The van der Waals surface area contributed by atoms with E-state index < -0.39 is 0 Å². The van der Waals surface area contributed by atoms with Crippen LogP contribution in [0.5, 0.6) is 0 Å². The molecule has 0 aliphatic heterocycles. The lowest BCUT2D eigenvalue weighted by Crippen LogP contribution is -2.44. The molecule has 0 radical (unpaired) electrons. The summed E-state index contributed by atoms with van der Waals surface area (Å²) in [5, 5.41) is 10.3. The van der Waals surface area contributed by atoms with E-state index in [1.807, 2.05) is 36.2 Å². The highest BCUT2D eigenvalue weighted by Crippen LogP contribution is 2.05. The van der Waals surface area contributed by atoms with E-state index >= 15 is 0 Å². The van der Waals surface area contributed by atoms with Gasteiger partial charge in [-0.15, -0.1) is 0 Å². The van der Waals surface area contributed by atoms with Gasteiger partial charge in [0.25, 0.3) is 0 Å². The molecule has 2 heterocycles. The summed E-state index contributed by atoms with van der Waals surface area (Å²) in [7, 11) is 0. The van der Waals surface area contributed by atoms with E-state index in [1.54, 1.807) is 12.5 Å². The number of nitrogens with one attached hydrogen (secondary N) is 2. The number of carbonyl (C=O) groups is 1. The molecule has 0 spiro atoms. The number of carbonyl (C=O) groups excluding carboxylic acids is 1. The van der Waals surface area contributed by atoms with E-state index in [0.29, 0.717) is 19.0 Å². The Morgan fingerprint density at radius 3 is 2.70 bits per heavy atom. The first kappa shape index (κ1) is 17.1. The molecule has 7 nitrogen and oxygen atoms in total. The topological polar surface area (TPSA) is 76.8 Å². The van der Waals surface area contributed by atoms with Crippen molar-refractivity contribution in [3.8, 4) is 0 Å². The molecule has 0 saturated carbocycles. The zero-order valence-electron chi connectivity index (χ0n) is 14.3. The van der Waals surface area contributed by atoms with Crippen molar-refractivity contribution in [1.29, 1.82) is 0 Å². The number of amides is 2. The predicted molar refractivity (Wildman–Crippen MR) is 89.1 cm³/mol. The molecule has 126 valence electrons. The van der Waals surface area contributed by atoms with E-state index in [-0.39, 0.29) is 12.1 Å². The first-order chi connectivity index (χ1) is 10.9. The second kappa shape index (κ2) is 7.80. The highest BCUT2D eigenvalue weighted by molar-refractivity contribution is 5.74. The SMILES string of the molecule is Cc1cc(C)n(C[C@@H](C)CNC(=O)N[C@H](C)Cn2ccnc2)n1. The Morgan fingerprint density at radius 2 is 2.09 bits per heavy atom. The van der Waals surface area contributed by atoms with Gasteiger partial charge in [0.1, 0.15) is 0 Å². The van der Waals surface area contributed by atoms with Crippen molar-refractivity contribution in [1.82, 2.24) is 30.0 Å². The van der Waals surface area contributed by atoms with Gasteiger partial charge in [0.05, 0.1) is 12.0 Å². The molecule has 0 fully saturated rings. The van der Waals surface area contributed by atoms with Gasteiger partial charge in [-0.3, -0.25) is 4.68 Å². The van der Waals surface area contributed by atoms with Crippen LogP contribution in [0.15, 0.2) is 24.8 Å². The van der Waals surface area contributed by atoms with Crippen LogP contribution in [0.2, 0.25) is 0 Å². The van der Waals surface area contributed by atoms with E-state index in [1.165, 1.54) is 0 Å². The largest absolute Gasteiger partial charge is 0.338 e. The number of nitrogens with zero attached hydrogens (tertiary/aromatic N) is 4. The highest BCUT2D eigenvalue weighted by atomic mass is 16.2. The van der Waals surface area contributed by atoms with Crippen molar-refractivity contribution in [3.05, 3.63) is 36.2 Å². The van der Waals surface area contributed by atoms with Gasteiger partial charge in [0.2, 0.25) is 0 Å².